The highest BCUT2D eigenvalue weighted by Gasteiger charge is 2.21. The zero-order valence-electron chi connectivity index (χ0n) is 7.96. The van der Waals surface area contributed by atoms with E-state index in [-0.39, 0.29) is 0 Å². The van der Waals surface area contributed by atoms with Crippen molar-refractivity contribution in [2.75, 3.05) is 6.54 Å². The van der Waals surface area contributed by atoms with Gasteiger partial charge >= 0.3 is 0 Å². The lowest BCUT2D eigenvalue weighted by Gasteiger charge is -2.11. The summed E-state index contributed by atoms with van der Waals surface area (Å²) in [7, 11) is 0. The molecule has 0 saturated carbocycles. The van der Waals surface area contributed by atoms with Gasteiger partial charge in [0.05, 0.1) is 6.54 Å². The topological polar surface area (TPSA) is 32.3 Å². The number of hydrogen-bond donors (Lipinski definition) is 2. The maximum atomic E-state index is 9.37. The van der Waals surface area contributed by atoms with Gasteiger partial charge in [-0.25, -0.2) is 0 Å². The number of phenols is 1. The third-order valence-corrected chi connectivity index (χ3v) is 2.66. The van der Waals surface area contributed by atoms with Gasteiger partial charge in [0.15, 0.2) is 0 Å². The normalized spacial score (nSPS) is 18.9. The Hall–Kier alpha value is -1.46. The number of aromatic hydroxyl groups is 1. The van der Waals surface area contributed by atoms with Crippen LogP contribution in [0.4, 0.5) is 0 Å². The SMILES string of the molecule is C#CCN[C@@H]1CCc2ccc(O)cc21. The van der Waals surface area contributed by atoms with Crippen molar-refractivity contribution in [1.29, 1.82) is 0 Å². The van der Waals surface area contributed by atoms with Crippen molar-refractivity contribution in [1.82, 2.24) is 5.32 Å². The highest BCUT2D eigenvalue weighted by atomic mass is 16.3. The number of benzene rings is 1. The van der Waals surface area contributed by atoms with Crippen molar-refractivity contribution in [3.8, 4) is 18.1 Å². The first-order chi connectivity index (χ1) is 6.81. The molecule has 1 aromatic carbocycles. The van der Waals surface area contributed by atoms with Gasteiger partial charge in [-0.2, -0.15) is 0 Å². The molecule has 0 aliphatic heterocycles. The van der Waals surface area contributed by atoms with Crippen LogP contribution in [0, 0.1) is 12.3 Å². The predicted octanol–water partition coefficient (Wildman–Crippen LogP) is 1.60. The highest BCUT2D eigenvalue weighted by Crippen LogP contribution is 2.33. The van der Waals surface area contributed by atoms with E-state index in [9.17, 15) is 5.11 Å². The fraction of sp³-hybridized carbons (Fsp3) is 0.333. The predicted molar refractivity (Wildman–Crippen MR) is 56.0 cm³/mol. The van der Waals surface area contributed by atoms with Crippen LogP contribution in [0.15, 0.2) is 18.2 Å². The lowest BCUT2D eigenvalue weighted by Crippen LogP contribution is -2.19. The molecule has 2 heteroatoms. The first-order valence-corrected chi connectivity index (χ1v) is 4.80. The Labute approximate surface area is 84.0 Å². The number of hydrogen-bond acceptors (Lipinski definition) is 2. The summed E-state index contributed by atoms with van der Waals surface area (Å²) in [4.78, 5) is 0. The Morgan fingerprint density at radius 2 is 2.43 bits per heavy atom. The van der Waals surface area contributed by atoms with Crippen LogP contribution in [-0.4, -0.2) is 11.7 Å². The average molecular weight is 187 g/mol. The minimum Gasteiger partial charge on any atom is -0.508 e. The zero-order valence-corrected chi connectivity index (χ0v) is 7.96. The van der Waals surface area contributed by atoms with Crippen molar-refractivity contribution in [3.63, 3.8) is 0 Å². The van der Waals surface area contributed by atoms with Gasteiger partial charge < -0.3 is 5.11 Å². The molecule has 0 fully saturated rings. The first kappa shape index (κ1) is 9.11. The molecule has 2 nitrogen and oxygen atoms in total. The maximum Gasteiger partial charge on any atom is 0.115 e. The third kappa shape index (κ3) is 1.59. The molecule has 0 spiro atoms. The molecule has 1 aliphatic carbocycles. The summed E-state index contributed by atoms with van der Waals surface area (Å²) in [5.74, 6) is 2.90. The van der Waals surface area contributed by atoms with E-state index in [1.807, 2.05) is 12.1 Å². The Balaban J connectivity index is 2.21. The van der Waals surface area contributed by atoms with Crippen LogP contribution in [0.1, 0.15) is 23.6 Å². The van der Waals surface area contributed by atoms with E-state index < -0.39 is 0 Å². The highest BCUT2D eigenvalue weighted by molar-refractivity contribution is 5.40. The van der Waals surface area contributed by atoms with E-state index in [2.05, 4.69) is 11.2 Å². The quantitative estimate of drug-likeness (QED) is 0.689. The van der Waals surface area contributed by atoms with E-state index in [1.54, 1.807) is 6.07 Å². The summed E-state index contributed by atoms with van der Waals surface area (Å²) in [6.07, 6.45) is 7.33. The molecule has 0 heterocycles. The van der Waals surface area contributed by atoms with E-state index in [0.717, 1.165) is 12.8 Å². The molecule has 0 bridgehead atoms. The summed E-state index contributed by atoms with van der Waals surface area (Å²) in [6, 6.07) is 5.87. The molecule has 1 aliphatic rings. The molecule has 0 radical (unpaired) electrons. The minimum absolute atomic E-state index is 0.313. The number of phenolic OH excluding ortho intramolecular Hbond substituents is 1. The van der Waals surface area contributed by atoms with Gasteiger partial charge in [0.25, 0.3) is 0 Å². The van der Waals surface area contributed by atoms with Crippen molar-refractivity contribution < 1.29 is 5.11 Å². The minimum atomic E-state index is 0.313. The van der Waals surface area contributed by atoms with Crippen molar-refractivity contribution in [2.24, 2.45) is 0 Å². The van der Waals surface area contributed by atoms with Crippen LogP contribution in [-0.2, 0) is 6.42 Å². The van der Waals surface area contributed by atoms with Gasteiger partial charge in [-0.1, -0.05) is 12.0 Å². The molecule has 1 aromatic rings. The van der Waals surface area contributed by atoms with Crippen LogP contribution in [0.25, 0.3) is 0 Å². The Morgan fingerprint density at radius 3 is 3.21 bits per heavy atom. The second-order valence-electron chi connectivity index (χ2n) is 3.56. The van der Waals surface area contributed by atoms with E-state index in [1.165, 1.54) is 11.1 Å². The monoisotopic (exact) mass is 187 g/mol. The molecule has 0 unspecified atom stereocenters. The van der Waals surface area contributed by atoms with Crippen LogP contribution < -0.4 is 5.32 Å². The van der Waals surface area contributed by atoms with Gasteiger partial charge in [-0.15, -0.1) is 6.42 Å². The molecule has 0 amide bonds. The second-order valence-corrected chi connectivity index (χ2v) is 3.56. The van der Waals surface area contributed by atoms with Crippen LogP contribution >= 0.6 is 0 Å². The lowest BCUT2D eigenvalue weighted by atomic mass is 10.1. The van der Waals surface area contributed by atoms with Gasteiger partial charge in [0.1, 0.15) is 5.75 Å². The summed E-state index contributed by atoms with van der Waals surface area (Å²) in [5.41, 5.74) is 2.51. The number of aryl methyl sites for hydroxylation is 1. The largest absolute Gasteiger partial charge is 0.508 e. The van der Waals surface area contributed by atoms with Crippen LogP contribution in [0.5, 0.6) is 5.75 Å². The fourth-order valence-electron chi connectivity index (χ4n) is 1.98. The van der Waals surface area contributed by atoms with Gasteiger partial charge in [0.2, 0.25) is 0 Å². The molecule has 14 heavy (non-hydrogen) atoms. The third-order valence-electron chi connectivity index (χ3n) is 2.66. The number of terminal acetylenes is 1. The van der Waals surface area contributed by atoms with Crippen molar-refractivity contribution in [3.05, 3.63) is 29.3 Å². The summed E-state index contributed by atoms with van der Waals surface area (Å²) >= 11 is 0. The zero-order chi connectivity index (χ0) is 9.97. The second kappa shape index (κ2) is 3.73. The number of nitrogens with one attached hydrogen (secondary N) is 1. The Bertz CT molecular complexity index is 378. The number of rotatable bonds is 2. The molecule has 1 atom stereocenters. The van der Waals surface area contributed by atoms with Gasteiger partial charge in [-0.05, 0) is 36.1 Å². The molecular formula is C12H13NO. The van der Waals surface area contributed by atoms with Crippen molar-refractivity contribution in [2.45, 2.75) is 18.9 Å². The van der Waals surface area contributed by atoms with Crippen LogP contribution in [0.3, 0.4) is 0 Å². The molecular weight excluding hydrogens is 174 g/mol. The Kier molecular flexibility index (Phi) is 2.43. The molecule has 2 rings (SSSR count). The smallest absolute Gasteiger partial charge is 0.115 e. The summed E-state index contributed by atoms with van der Waals surface area (Å²) in [5, 5.41) is 12.6. The molecule has 0 aromatic heterocycles. The molecule has 72 valence electrons. The van der Waals surface area contributed by atoms with Gasteiger partial charge in [-0.3, -0.25) is 5.32 Å². The van der Waals surface area contributed by atoms with Crippen LogP contribution in [0.2, 0.25) is 0 Å². The first-order valence-electron chi connectivity index (χ1n) is 4.80. The Morgan fingerprint density at radius 1 is 1.57 bits per heavy atom. The standard InChI is InChI=1S/C12H13NO/c1-2-7-13-12-6-4-9-3-5-10(14)8-11(9)12/h1,3,5,8,12-14H,4,6-7H2/t12-/m1/s1. The lowest BCUT2D eigenvalue weighted by molar-refractivity contribution is 0.472. The molecule has 2 N–H and O–H groups in total. The fourth-order valence-corrected chi connectivity index (χ4v) is 1.98. The summed E-state index contributed by atoms with van der Waals surface area (Å²) in [6.45, 7) is 0.583. The van der Waals surface area contributed by atoms with E-state index in [4.69, 9.17) is 6.42 Å². The molecule has 0 saturated heterocycles. The van der Waals surface area contributed by atoms with Gasteiger partial charge in [0, 0.05) is 6.04 Å². The van der Waals surface area contributed by atoms with E-state index >= 15 is 0 Å². The number of fused-ring (bicyclic) bond motifs is 1. The maximum absolute atomic E-state index is 9.37. The summed E-state index contributed by atoms with van der Waals surface area (Å²) < 4.78 is 0. The average Bonchev–Trinajstić information content (AvgIpc) is 2.57. The van der Waals surface area contributed by atoms with Crippen molar-refractivity contribution >= 4 is 0 Å². The van der Waals surface area contributed by atoms with E-state index in [0.29, 0.717) is 18.3 Å².